The molecule has 7 heteroatoms. The third-order valence-electron chi connectivity index (χ3n) is 6.37. The first-order valence-electron chi connectivity index (χ1n) is 11.9. The van der Waals surface area contributed by atoms with Crippen LogP contribution in [0.3, 0.4) is 0 Å². The van der Waals surface area contributed by atoms with Crippen LogP contribution in [-0.2, 0) is 14.3 Å². The summed E-state index contributed by atoms with van der Waals surface area (Å²) in [6.45, 7) is 6.30. The van der Waals surface area contributed by atoms with Gasteiger partial charge in [0.1, 0.15) is 6.61 Å². The van der Waals surface area contributed by atoms with Crippen molar-refractivity contribution in [2.24, 2.45) is 11.8 Å². The van der Waals surface area contributed by atoms with Gasteiger partial charge in [0.05, 0.1) is 5.92 Å². The van der Waals surface area contributed by atoms with Crippen LogP contribution in [0.15, 0.2) is 48.5 Å². The zero-order valence-electron chi connectivity index (χ0n) is 20.0. The summed E-state index contributed by atoms with van der Waals surface area (Å²) in [5, 5.41) is 14.4. The first kappa shape index (κ1) is 25.3. The van der Waals surface area contributed by atoms with Gasteiger partial charge in [0.15, 0.2) is 0 Å². The van der Waals surface area contributed by atoms with Crippen molar-refractivity contribution in [1.29, 1.82) is 0 Å². The first-order chi connectivity index (χ1) is 16.3. The second-order valence-corrected chi connectivity index (χ2v) is 9.17. The predicted octanol–water partition coefficient (Wildman–Crippen LogP) is 4.56. The van der Waals surface area contributed by atoms with Crippen LogP contribution < -0.4 is 10.6 Å². The molecular formula is C27H34N2O5. The number of carboxylic acids is 1. The smallest absolute Gasteiger partial charge is 0.407 e. The summed E-state index contributed by atoms with van der Waals surface area (Å²) < 4.78 is 5.62. The molecule has 182 valence electrons. The zero-order chi connectivity index (χ0) is 24.7. The maximum atomic E-state index is 12.7. The molecule has 3 rings (SSSR count). The van der Waals surface area contributed by atoms with Crippen LogP contribution in [0.25, 0.3) is 11.1 Å². The van der Waals surface area contributed by atoms with Gasteiger partial charge in [0.2, 0.25) is 5.91 Å². The highest BCUT2D eigenvalue weighted by atomic mass is 16.5. The number of carbonyl (C=O) groups excluding carboxylic acids is 2. The molecule has 2 aromatic carbocycles. The molecule has 34 heavy (non-hydrogen) atoms. The summed E-state index contributed by atoms with van der Waals surface area (Å²) in [4.78, 5) is 36.0. The van der Waals surface area contributed by atoms with Gasteiger partial charge in [0.25, 0.3) is 0 Å². The van der Waals surface area contributed by atoms with Crippen molar-refractivity contribution in [3.8, 4) is 11.1 Å². The van der Waals surface area contributed by atoms with E-state index in [1.807, 2.05) is 38.1 Å². The number of unbranched alkanes of at least 4 members (excludes halogenated alkanes) is 1. The molecule has 2 aromatic rings. The minimum absolute atomic E-state index is 0.00269. The van der Waals surface area contributed by atoms with Gasteiger partial charge in [-0.05, 0) is 47.9 Å². The number of carboxylic acid groups (broad SMARTS) is 1. The van der Waals surface area contributed by atoms with E-state index in [2.05, 4.69) is 34.9 Å². The van der Waals surface area contributed by atoms with E-state index >= 15 is 0 Å². The zero-order valence-corrected chi connectivity index (χ0v) is 20.0. The number of ether oxygens (including phenoxy) is 1. The molecule has 1 aliphatic rings. The summed E-state index contributed by atoms with van der Waals surface area (Å²) in [5.74, 6) is -1.45. The number of alkyl carbamates (subject to hydrolysis) is 1. The third-order valence-corrected chi connectivity index (χ3v) is 6.37. The van der Waals surface area contributed by atoms with Crippen molar-refractivity contribution in [3.63, 3.8) is 0 Å². The number of fused-ring (bicyclic) bond motifs is 3. The molecule has 0 bridgehead atoms. The van der Waals surface area contributed by atoms with Crippen LogP contribution in [0.4, 0.5) is 4.79 Å². The van der Waals surface area contributed by atoms with Gasteiger partial charge >= 0.3 is 12.1 Å². The third kappa shape index (κ3) is 6.16. The molecule has 2 amide bonds. The maximum Gasteiger partial charge on any atom is 0.407 e. The highest BCUT2D eigenvalue weighted by Crippen LogP contribution is 2.44. The monoisotopic (exact) mass is 466 g/mol. The second kappa shape index (κ2) is 11.7. The summed E-state index contributed by atoms with van der Waals surface area (Å²) in [7, 11) is 0. The number of hydrogen-bond acceptors (Lipinski definition) is 4. The Labute approximate surface area is 200 Å². The Morgan fingerprint density at radius 2 is 1.53 bits per heavy atom. The molecule has 0 fully saturated rings. The van der Waals surface area contributed by atoms with Crippen molar-refractivity contribution in [1.82, 2.24) is 10.6 Å². The van der Waals surface area contributed by atoms with Crippen molar-refractivity contribution in [2.45, 2.75) is 52.0 Å². The van der Waals surface area contributed by atoms with E-state index in [1.54, 1.807) is 6.92 Å². The number of benzene rings is 2. The van der Waals surface area contributed by atoms with Crippen LogP contribution in [0.2, 0.25) is 0 Å². The molecular weight excluding hydrogens is 432 g/mol. The van der Waals surface area contributed by atoms with E-state index < -0.39 is 24.0 Å². The van der Waals surface area contributed by atoms with Crippen molar-refractivity contribution in [3.05, 3.63) is 59.7 Å². The molecule has 7 nitrogen and oxygen atoms in total. The average molecular weight is 467 g/mol. The van der Waals surface area contributed by atoms with Gasteiger partial charge in [-0.25, -0.2) is 4.79 Å². The molecule has 1 aliphatic carbocycles. The molecule has 0 saturated heterocycles. The number of rotatable bonds is 11. The van der Waals surface area contributed by atoms with Gasteiger partial charge in [-0.3, -0.25) is 9.59 Å². The predicted molar refractivity (Wildman–Crippen MR) is 130 cm³/mol. The quantitative estimate of drug-likeness (QED) is 0.421. The molecule has 0 heterocycles. The highest BCUT2D eigenvalue weighted by molar-refractivity contribution is 5.81. The summed E-state index contributed by atoms with van der Waals surface area (Å²) in [6.07, 6.45) is 0.643. The summed E-state index contributed by atoms with van der Waals surface area (Å²) in [5.41, 5.74) is 4.62. The average Bonchev–Trinajstić information content (AvgIpc) is 3.11. The lowest BCUT2D eigenvalue weighted by atomic mass is 9.88. The largest absolute Gasteiger partial charge is 0.481 e. The molecule has 0 spiro atoms. The Bertz CT molecular complexity index is 974. The first-order valence-corrected chi connectivity index (χ1v) is 11.9. The van der Waals surface area contributed by atoms with E-state index in [0.29, 0.717) is 19.4 Å². The number of hydrogen-bond donors (Lipinski definition) is 3. The summed E-state index contributed by atoms with van der Waals surface area (Å²) in [6, 6.07) is 15.9. The Morgan fingerprint density at radius 3 is 2.09 bits per heavy atom. The fourth-order valence-electron chi connectivity index (χ4n) is 4.75. The fourth-order valence-corrected chi connectivity index (χ4v) is 4.75. The Balaban J connectivity index is 1.54. The second-order valence-electron chi connectivity index (χ2n) is 9.17. The molecule has 0 aliphatic heterocycles. The topological polar surface area (TPSA) is 105 Å². The molecule has 0 saturated carbocycles. The van der Waals surface area contributed by atoms with Crippen LogP contribution in [0.5, 0.6) is 0 Å². The fraction of sp³-hybridized carbons (Fsp3) is 0.444. The minimum atomic E-state index is -0.840. The molecule has 2 atom stereocenters. The Morgan fingerprint density at radius 1 is 0.941 bits per heavy atom. The number of nitrogens with one attached hydrogen (secondary N) is 2. The summed E-state index contributed by atoms with van der Waals surface area (Å²) >= 11 is 0. The van der Waals surface area contributed by atoms with E-state index in [0.717, 1.165) is 11.1 Å². The van der Waals surface area contributed by atoms with Gasteiger partial charge in [-0.15, -0.1) is 0 Å². The van der Waals surface area contributed by atoms with Crippen molar-refractivity contribution < 1.29 is 24.2 Å². The maximum absolute atomic E-state index is 12.7. The molecule has 0 aromatic heterocycles. The normalized spacial score (nSPS) is 14.1. The van der Waals surface area contributed by atoms with E-state index in [9.17, 15) is 14.4 Å². The molecule has 0 radical (unpaired) electrons. The van der Waals surface area contributed by atoms with E-state index in [-0.39, 0.29) is 30.8 Å². The Hall–Kier alpha value is -3.35. The molecule has 2 unspecified atom stereocenters. The SMILES string of the molecule is CC(C)C(C(=O)NCCCCC(=O)O)C(C)NC(=O)OCC1c2ccccc2-c2ccccc21. The van der Waals surface area contributed by atoms with Crippen LogP contribution in [0, 0.1) is 11.8 Å². The lowest BCUT2D eigenvalue weighted by molar-refractivity contribution is -0.137. The van der Waals surface area contributed by atoms with Gasteiger partial charge < -0.3 is 20.5 Å². The lowest BCUT2D eigenvalue weighted by Crippen LogP contribution is -2.47. The van der Waals surface area contributed by atoms with Gasteiger partial charge in [-0.2, -0.15) is 0 Å². The lowest BCUT2D eigenvalue weighted by Gasteiger charge is -2.27. The van der Waals surface area contributed by atoms with Crippen molar-refractivity contribution >= 4 is 18.0 Å². The van der Waals surface area contributed by atoms with Crippen LogP contribution in [0.1, 0.15) is 57.1 Å². The van der Waals surface area contributed by atoms with Gasteiger partial charge in [-0.1, -0.05) is 62.4 Å². The minimum Gasteiger partial charge on any atom is -0.481 e. The highest BCUT2D eigenvalue weighted by Gasteiger charge is 2.31. The van der Waals surface area contributed by atoms with Gasteiger partial charge in [0, 0.05) is 24.9 Å². The number of carbonyl (C=O) groups is 3. The van der Waals surface area contributed by atoms with Crippen molar-refractivity contribution in [2.75, 3.05) is 13.2 Å². The number of aliphatic carboxylic acids is 1. The van der Waals surface area contributed by atoms with E-state index in [1.165, 1.54) is 11.1 Å². The standard InChI is InChI=1S/C27H34N2O5/c1-17(2)25(26(32)28-15-9-8-14-24(30)31)18(3)29-27(33)34-16-23-21-12-6-4-10-19(21)20-11-5-7-13-22(20)23/h4-7,10-13,17-18,23,25H,8-9,14-16H2,1-3H3,(H,28,32)(H,29,33)(H,30,31). The molecule has 3 N–H and O–H groups in total. The van der Waals surface area contributed by atoms with Crippen LogP contribution in [-0.4, -0.2) is 42.3 Å². The van der Waals surface area contributed by atoms with Crippen LogP contribution >= 0.6 is 0 Å². The Kier molecular flexibility index (Phi) is 8.68. The van der Waals surface area contributed by atoms with E-state index in [4.69, 9.17) is 9.84 Å². The number of amides is 2.